The molecule has 0 spiro atoms. The molecule has 0 aliphatic rings. The van der Waals surface area contributed by atoms with Crippen LogP contribution in [0, 0.1) is 0 Å². The first-order valence-corrected chi connectivity index (χ1v) is 8.77. The van der Waals surface area contributed by atoms with Crippen molar-refractivity contribution in [3.8, 4) is 22.1 Å². The summed E-state index contributed by atoms with van der Waals surface area (Å²) in [5.41, 5.74) is 0.678. The van der Waals surface area contributed by atoms with Gasteiger partial charge in [-0.25, -0.2) is 4.98 Å². The number of anilines is 1. The van der Waals surface area contributed by atoms with E-state index in [1.165, 1.54) is 48.0 Å². The summed E-state index contributed by atoms with van der Waals surface area (Å²) in [6.45, 7) is -3.08. The zero-order valence-corrected chi connectivity index (χ0v) is 14.5. The lowest BCUT2D eigenvalue weighted by Gasteiger charge is -2.13. The zero-order valence-electron chi connectivity index (χ0n) is 12.9. The lowest BCUT2D eigenvalue weighted by molar-refractivity contribution is -0.0515. The molecular weight excluding hydrogens is 370 g/mol. The highest BCUT2D eigenvalue weighted by Gasteiger charge is 2.21. The van der Waals surface area contributed by atoms with Crippen LogP contribution in [-0.2, 0) is 0 Å². The Balaban J connectivity index is 1.84. The molecule has 2 heterocycles. The largest absolute Gasteiger partial charge is 0.493 e. The van der Waals surface area contributed by atoms with Crippen molar-refractivity contribution in [3.05, 3.63) is 46.7 Å². The van der Waals surface area contributed by atoms with Crippen LogP contribution < -0.4 is 14.8 Å². The Morgan fingerprint density at radius 2 is 2.08 bits per heavy atom. The number of methoxy groups -OCH3 is 1. The maximum absolute atomic E-state index is 12.6. The highest BCUT2D eigenvalue weighted by atomic mass is 32.1. The number of nitrogens with one attached hydrogen (secondary N) is 1. The number of carbonyl (C=O) groups is 1. The van der Waals surface area contributed by atoms with Crippen molar-refractivity contribution >= 4 is 33.7 Å². The highest BCUT2D eigenvalue weighted by molar-refractivity contribution is 7.16. The van der Waals surface area contributed by atoms with Gasteiger partial charge in [0.1, 0.15) is 0 Å². The third kappa shape index (κ3) is 3.94. The molecule has 9 heteroatoms. The number of halogens is 2. The molecule has 1 N–H and O–H groups in total. The third-order valence-electron chi connectivity index (χ3n) is 3.15. The van der Waals surface area contributed by atoms with Gasteiger partial charge in [-0.2, -0.15) is 8.78 Å². The van der Waals surface area contributed by atoms with Crippen LogP contribution in [0.15, 0.2) is 41.1 Å². The van der Waals surface area contributed by atoms with Crippen LogP contribution in [0.25, 0.3) is 10.6 Å². The summed E-state index contributed by atoms with van der Waals surface area (Å²) in [6, 6.07) is 8.16. The molecule has 0 radical (unpaired) electrons. The standard InChI is InChI=1S/C16H12F2N2O3S2/c1-22-11-5-2-4-9(13(11)23-15(17)18)14(21)20-16-19-10(8-25-16)12-6-3-7-24-12/h2-8,15H,1H3,(H,19,20,21). The van der Waals surface area contributed by atoms with Crippen LogP contribution in [0.1, 0.15) is 10.4 Å². The summed E-state index contributed by atoms with van der Waals surface area (Å²) < 4.78 is 34.7. The normalized spacial score (nSPS) is 10.7. The monoisotopic (exact) mass is 382 g/mol. The van der Waals surface area contributed by atoms with Crippen molar-refractivity contribution in [3.63, 3.8) is 0 Å². The predicted molar refractivity (Wildman–Crippen MR) is 93.0 cm³/mol. The van der Waals surface area contributed by atoms with E-state index in [0.717, 1.165) is 10.6 Å². The smallest absolute Gasteiger partial charge is 0.387 e. The van der Waals surface area contributed by atoms with E-state index in [1.54, 1.807) is 0 Å². The summed E-state index contributed by atoms with van der Waals surface area (Å²) in [4.78, 5) is 17.8. The highest BCUT2D eigenvalue weighted by Crippen LogP contribution is 2.34. The molecular formula is C16H12F2N2O3S2. The minimum atomic E-state index is -3.08. The van der Waals surface area contributed by atoms with Crippen molar-refractivity contribution < 1.29 is 23.0 Å². The Kier molecular flexibility index (Phi) is 5.25. The fourth-order valence-corrected chi connectivity index (χ4v) is 3.57. The summed E-state index contributed by atoms with van der Waals surface area (Å²) in [6.07, 6.45) is 0. The molecule has 25 heavy (non-hydrogen) atoms. The summed E-state index contributed by atoms with van der Waals surface area (Å²) in [7, 11) is 1.31. The summed E-state index contributed by atoms with van der Waals surface area (Å²) >= 11 is 2.77. The van der Waals surface area contributed by atoms with Crippen molar-refractivity contribution in [1.29, 1.82) is 0 Å². The minimum Gasteiger partial charge on any atom is -0.493 e. The fraction of sp³-hybridized carbons (Fsp3) is 0.125. The number of thiophene rings is 1. The first-order valence-electron chi connectivity index (χ1n) is 7.01. The van der Waals surface area contributed by atoms with Crippen LogP contribution in [0.5, 0.6) is 11.5 Å². The van der Waals surface area contributed by atoms with Crippen molar-refractivity contribution in [2.24, 2.45) is 0 Å². The number of amides is 1. The van der Waals surface area contributed by atoms with Crippen LogP contribution in [0.4, 0.5) is 13.9 Å². The molecule has 1 aromatic carbocycles. The van der Waals surface area contributed by atoms with Crippen LogP contribution in [0.3, 0.4) is 0 Å². The van der Waals surface area contributed by atoms with Gasteiger partial charge in [-0.05, 0) is 23.6 Å². The second-order valence-electron chi connectivity index (χ2n) is 4.68. The first-order chi connectivity index (χ1) is 12.1. The van der Waals surface area contributed by atoms with Crippen LogP contribution in [0.2, 0.25) is 0 Å². The van der Waals surface area contributed by atoms with E-state index in [2.05, 4.69) is 15.0 Å². The van der Waals surface area contributed by atoms with E-state index >= 15 is 0 Å². The van der Waals surface area contributed by atoms with E-state index < -0.39 is 12.5 Å². The van der Waals surface area contributed by atoms with Crippen LogP contribution in [-0.4, -0.2) is 24.6 Å². The van der Waals surface area contributed by atoms with E-state index in [4.69, 9.17) is 4.74 Å². The van der Waals surface area contributed by atoms with Gasteiger partial charge in [0, 0.05) is 5.38 Å². The van der Waals surface area contributed by atoms with Gasteiger partial charge in [-0.1, -0.05) is 12.1 Å². The van der Waals surface area contributed by atoms with E-state index in [0.29, 0.717) is 5.13 Å². The number of nitrogens with zero attached hydrogens (tertiary/aromatic N) is 1. The SMILES string of the molecule is COc1cccc(C(=O)Nc2nc(-c3cccs3)cs2)c1OC(F)F. The number of rotatable bonds is 6. The Morgan fingerprint density at radius 3 is 2.76 bits per heavy atom. The van der Waals surface area contributed by atoms with Gasteiger partial charge in [0.05, 0.1) is 23.2 Å². The fourth-order valence-electron chi connectivity index (χ4n) is 2.10. The number of aromatic nitrogens is 1. The van der Waals surface area contributed by atoms with Crippen molar-refractivity contribution in [1.82, 2.24) is 4.98 Å². The Morgan fingerprint density at radius 1 is 1.24 bits per heavy atom. The number of hydrogen-bond donors (Lipinski definition) is 1. The molecule has 0 aliphatic heterocycles. The van der Waals surface area contributed by atoms with Crippen LogP contribution >= 0.6 is 22.7 Å². The number of alkyl halides is 2. The Labute approximate surface area is 149 Å². The maximum Gasteiger partial charge on any atom is 0.387 e. The van der Waals surface area contributed by atoms with E-state index in [-0.39, 0.29) is 17.1 Å². The number of benzene rings is 1. The topological polar surface area (TPSA) is 60.5 Å². The number of para-hydroxylation sites is 1. The second kappa shape index (κ2) is 7.58. The molecule has 130 valence electrons. The molecule has 3 aromatic rings. The van der Waals surface area contributed by atoms with Gasteiger partial charge in [-0.3, -0.25) is 10.1 Å². The Hall–Kier alpha value is -2.52. The number of thiazole rings is 1. The van der Waals surface area contributed by atoms with Gasteiger partial charge in [0.15, 0.2) is 16.6 Å². The van der Waals surface area contributed by atoms with E-state index in [1.807, 2.05) is 22.9 Å². The molecule has 1 amide bonds. The van der Waals surface area contributed by atoms with Crippen molar-refractivity contribution in [2.75, 3.05) is 12.4 Å². The number of ether oxygens (including phenoxy) is 2. The van der Waals surface area contributed by atoms with Gasteiger partial charge in [0.2, 0.25) is 0 Å². The molecule has 0 atom stereocenters. The zero-order chi connectivity index (χ0) is 17.8. The molecule has 2 aromatic heterocycles. The molecule has 0 unspecified atom stereocenters. The number of carbonyl (C=O) groups excluding carboxylic acids is 1. The number of hydrogen-bond acceptors (Lipinski definition) is 6. The first kappa shape index (κ1) is 17.3. The maximum atomic E-state index is 12.6. The summed E-state index contributed by atoms with van der Waals surface area (Å²) in [5.74, 6) is -0.875. The minimum absolute atomic E-state index is 0.0476. The third-order valence-corrected chi connectivity index (χ3v) is 4.80. The average Bonchev–Trinajstić information content (AvgIpc) is 3.25. The molecule has 0 fully saturated rings. The quantitative estimate of drug-likeness (QED) is 0.669. The molecule has 0 saturated carbocycles. The lowest BCUT2D eigenvalue weighted by Crippen LogP contribution is -2.15. The Bertz CT molecular complexity index is 866. The van der Waals surface area contributed by atoms with Gasteiger partial charge in [-0.15, -0.1) is 22.7 Å². The van der Waals surface area contributed by atoms with Crippen molar-refractivity contribution in [2.45, 2.75) is 6.61 Å². The van der Waals surface area contributed by atoms with Gasteiger partial charge >= 0.3 is 6.61 Å². The molecule has 3 rings (SSSR count). The van der Waals surface area contributed by atoms with Gasteiger partial charge < -0.3 is 9.47 Å². The molecule has 0 saturated heterocycles. The van der Waals surface area contributed by atoms with Gasteiger partial charge in [0.25, 0.3) is 5.91 Å². The van der Waals surface area contributed by atoms with E-state index in [9.17, 15) is 13.6 Å². The second-order valence-corrected chi connectivity index (χ2v) is 6.49. The molecule has 5 nitrogen and oxygen atoms in total. The summed E-state index contributed by atoms with van der Waals surface area (Å²) in [5, 5.41) is 6.70. The predicted octanol–water partition coefficient (Wildman–Crippen LogP) is 4.73. The molecule has 0 bridgehead atoms. The molecule has 0 aliphatic carbocycles. The lowest BCUT2D eigenvalue weighted by atomic mass is 10.1. The average molecular weight is 382 g/mol.